The SMILES string of the molecule is C/C=C\C(=O)OCCC. The highest BCUT2D eigenvalue weighted by Crippen LogP contribution is 1.83. The lowest BCUT2D eigenvalue weighted by molar-refractivity contribution is -0.137. The predicted octanol–water partition coefficient (Wildman–Crippen LogP) is 1.52. The van der Waals surface area contributed by atoms with Crippen LogP contribution in [-0.4, -0.2) is 12.6 Å². The number of hydrogen-bond acceptors (Lipinski definition) is 2. The molecule has 0 atom stereocenters. The average molecular weight is 128 g/mol. The van der Waals surface area contributed by atoms with Crippen molar-refractivity contribution in [1.29, 1.82) is 0 Å². The highest BCUT2D eigenvalue weighted by atomic mass is 16.5. The maximum absolute atomic E-state index is 10.5. The number of ether oxygens (including phenoxy) is 1. The molecule has 0 N–H and O–H groups in total. The molecule has 0 amide bonds. The van der Waals surface area contributed by atoms with E-state index >= 15 is 0 Å². The lowest BCUT2D eigenvalue weighted by Gasteiger charge is -1.95. The maximum Gasteiger partial charge on any atom is 0.330 e. The van der Waals surface area contributed by atoms with Crippen LogP contribution in [0.3, 0.4) is 0 Å². The minimum absolute atomic E-state index is 0.251. The van der Waals surface area contributed by atoms with Crippen LogP contribution < -0.4 is 0 Å². The van der Waals surface area contributed by atoms with Crippen molar-refractivity contribution in [3.8, 4) is 0 Å². The van der Waals surface area contributed by atoms with Gasteiger partial charge in [0.2, 0.25) is 0 Å². The van der Waals surface area contributed by atoms with E-state index in [2.05, 4.69) is 0 Å². The first kappa shape index (κ1) is 8.21. The minimum atomic E-state index is -0.251. The van der Waals surface area contributed by atoms with Gasteiger partial charge >= 0.3 is 5.97 Å². The molecule has 0 bridgehead atoms. The Morgan fingerprint density at radius 3 is 2.78 bits per heavy atom. The zero-order chi connectivity index (χ0) is 7.11. The number of carbonyl (C=O) groups excluding carboxylic acids is 1. The van der Waals surface area contributed by atoms with E-state index in [0.717, 1.165) is 6.42 Å². The monoisotopic (exact) mass is 128 g/mol. The Hall–Kier alpha value is -0.790. The Kier molecular flexibility index (Phi) is 4.88. The molecule has 0 aromatic heterocycles. The van der Waals surface area contributed by atoms with Crippen molar-refractivity contribution in [3.05, 3.63) is 12.2 Å². The van der Waals surface area contributed by atoms with Gasteiger partial charge in [0.15, 0.2) is 0 Å². The van der Waals surface area contributed by atoms with Crippen LogP contribution in [0.1, 0.15) is 20.3 Å². The summed E-state index contributed by atoms with van der Waals surface area (Å²) in [7, 11) is 0. The molecular formula is C7H12O2. The van der Waals surface area contributed by atoms with Crippen molar-refractivity contribution < 1.29 is 9.53 Å². The van der Waals surface area contributed by atoms with Gasteiger partial charge in [0, 0.05) is 6.08 Å². The van der Waals surface area contributed by atoms with E-state index < -0.39 is 0 Å². The molecule has 0 aliphatic heterocycles. The third kappa shape index (κ3) is 5.07. The van der Waals surface area contributed by atoms with Crippen molar-refractivity contribution in [2.75, 3.05) is 6.61 Å². The second-order valence-corrected chi connectivity index (χ2v) is 1.67. The van der Waals surface area contributed by atoms with Gasteiger partial charge in [-0.3, -0.25) is 0 Å². The van der Waals surface area contributed by atoms with E-state index in [4.69, 9.17) is 4.74 Å². The summed E-state index contributed by atoms with van der Waals surface area (Å²) in [6.07, 6.45) is 3.96. The molecule has 0 rings (SSSR count). The number of esters is 1. The molecule has 0 aromatic carbocycles. The molecule has 0 saturated carbocycles. The fourth-order valence-electron chi connectivity index (χ4n) is 0.387. The molecule has 0 heterocycles. The number of carbonyl (C=O) groups is 1. The van der Waals surface area contributed by atoms with Crippen molar-refractivity contribution in [2.45, 2.75) is 20.3 Å². The van der Waals surface area contributed by atoms with Crippen LogP contribution in [0, 0.1) is 0 Å². The van der Waals surface area contributed by atoms with Crippen molar-refractivity contribution in [2.24, 2.45) is 0 Å². The van der Waals surface area contributed by atoms with Crippen LogP contribution >= 0.6 is 0 Å². The van der Waals surface area contributed by atoms with Crippen molar-refractivity contribution >= 4 is 5.97 Å². The zero-order valence-corrected chi connectivity index (χ0v) is 5.89. The summed E-state index contributed by atoms with van der Waals surface area (Å²) in [5, 5.41) is 0. The van der Waals surface area contributed by atoms with Gasteiger partial charge in [0.25, 0.3) is 0 Å². The van der Waals surface area contributed by atoms with E-state index in [1.807, 2.05) is 6.92 Å². The Balaban J connectivity index is 3.27. The summed E-state index contributed by atoms with van der Waals surface area (Å²) < 4.78 is 4.71. The molecule has 0 unspecified atom stereocenters. The Morgan fingerprint density at radius 2 is 2.33 bits per heavy atom. The van der Waals surface area contributed by atoms with Crippen LogP contribution in [0.25, 0.3) is 0 Å². The van der Waals surface area contributed by atoms with Gasteiger partial charge in [0.1, 0.15) is 0 Å². The maximum atomic E-state index is 10.5. The largest absolute Gasteiger partial charge is 0.463 e. The highest BCUT2D eigenvalue weighted by molar-refractivity contribution is 5.81. The number of rotatable bonds is 3. The second kappa shape index (κ2) is 5.35. The van der Waals surface area contributed by atoms with Gasteiger partial charge in [-0.15, -0.1) is 0 Å². The Morgan fingerprint density at radius 1 is 1.67 bits per heavy atom. The van der Waals surface area contributed by atoms with Gasteiger partial charge in [0.05, 0.1) is 6.61 Å². The van der Waals surface area contributed by atoms with Gasteiger partial charge in [-0.25, -0.2) is 4.79 Å². The lowest BCUT2D eigenvalue weighted by Crippen LogP contribution is -2.00. The van der Waals surface area contributed by atoms with Crippen molar-refractivity contribution in [3.63, 3.8) is 0 Å². The summed E-state index contributed by atoms with van der Waals surface area (Å²) in [4.78, 5) is 10.5. The summed E-state index contributed by atoms with van der Waals surface area (Å²) in [6, 6.07) is 0. The molecule has 0 fully saturated rings. The number of hydrogen-bond donors (Lipinski definition) is 0. The summed E-state index contributed by atoms with van der Waals surface area (Å²) in [5.74, 6) is -0.251. The van der Waals surface area contributed by atoms with E-state index in [9.17, 15) is 4.79 Å². The second-order valence-electron chi connectivity index (χ2n) is 1.67. The van der Waals surface area contributed by atoms with E-state index in [1.54, 1.807) is 13.0 Å². The van der Waals surface area contributed by atoms with Gasteiger partial charge in [-0.05, 0) is 13.3 Å². The van der Waals surface area contributed by atoms with Crippen LogP contribution in [0.15, 0.2) is 12.2 Å². The average Bonchev–Trinajstić information content (AvgIpc) is 1.85. The van der Waals surface area contributed by atoms with Gasteiger partial charge in [-0.2, -0.15) is 0 Å². The van der Waals surface area contributed by atoms with E-state index in [-0.39, 0.29) is 5.97 Å². The molecule has 52 valence electrons. The molecule has 9 heavy (non-hydrogen) atoms. The Bertz CT molecular complexity index is 105. The summed E-state index contributed by atoms with van der Waals surface area (Å²) >= 11 is 0. The smallest absolute Gasteiger partial charge is 0.330 e. The van der Waals surface area contributed by atoms with Crippen LogP contribution in [0.4, 0.5) is 0 Å². The molecule has 0 aliphatic carbocycles. The quantitative estimate of drug-likeness (QED) is 0.425. The third-order valence-corrected chi connectivity index (χ3v) is 0.751. The van der Waals surface area contributed by atoms with Crippen LogP contribution in [0.2, 0.25) is 0 Å². The molecule has 0 aromatic rings. The predicted molar refractivity (Wildman–Crippen MR) is 36.1 cm³/mol. The first-order valence-corrected chi connectivity index (χ1v) is 3.10. The lowest BCUT2D eigenvalue weighted by atomic mass is 10.5. The normalized spacial score (nSPS) is 10.0. The molecule has 0 radical (unpaired) electrons. The standard InChI is InChI=1S/C7H12O2/c1-3-5-7(8)9-6-4-2/h3,5H,4,6H2,1-2H3/b5-3-. The Labute approximate surface area is 55.5 Å². The van der Waals surface area contributed by atoms with Crippen LogP contribution in [0.5, 0.6) is 0 Å². The van der Waals surface area contributed by atoms with Crippen LogP contribution in [-0.2, 0) is 9.53 Å². The van der Waals surface area contributed by atoms with Gasteiger partial charge < -0.3 is 4.74 Å². The van der Waals surface area contributed by atoms with Gasteiger partial charge in [-0.1, -0.05) is 13.0 Å². The highest BCUT2D eigenvalue weighted by Gasteiger charge is 1.90. The molecule has 0 saturated heterocycles. The minimum Gasteiger partial charge on any atom is -0.463 e. The summed E-state index contributed by atoms with van der Waals surface area (Å²) in [5.41, 5.74) is 0. The first-order chi connectivity index (χ1) is 4.31. The topological polar surface area (TPSA) is 26.3 Å². The molecule has 2 nitrogen and oxygen atoms in total. The third-order valence-electron chi connectivity index (χ3n) is 0.751. The number of allylic oxidation sites excluding steroid dienone is 1. The van der Waals surface area contributed by atoms with E-state index in [0.29, 0.717) is 6.61 Å². The zero-order valence-electron chi connectivity index (χ0n) is 5.89. The first-order valence-electron chi connectivity index (χ1n) is 3.10. The molecule has 2 heteroatoms. The van der Waals surface area contributed by atoms with Crippen molar-refractivity contribution in [1.82, 2.24) is 0 Å². The molecule has 0 spiro atoms. The molecular weight excluding hydrogens is 116 g/mol. The fraction of sp³-hybridized carbons (Fsp3) is 0.571. The summed E-state index contributed by atoms with van der Waals surface area (Å²) in [6.45, 7) is 4.26. The van der Waals surface area contributed by atoms with E-state index in [1.165, 1.54) is 6.08 Å². The fourth-order valence-corrected chi connectivity index (χ4v) is 0.387. The molecule has 0 aliphatic rings.